The number of anilines is 1. The van der Waals surface area contributed by atoms with Crippen LogP contribution < -0.4 is 10.1 Å². The molecule has 2 unspecified atom stereocenters. The first-order valence-electron chi connectivity index (χ1n) is 7.53. The van der Waals surface area contributed by atoms with Gasteiger partial charge in [0.15, 0.2) is 0 Å². The normalized spacial score (nSPS) is 23.3. The van der Waals surface area contributed by atoms with E-state index in [0.29, 0.717) is 22.9 Å². The summed E-state index contributed by atoms with van der Waals surface area (Å²) in [7, 11) is 1.54. The lowest BCUT2D eigenvalue weighted by Crippen LogP contribution is -2.30. The van der Waals surface area contributed by atoms with E-state index < -0.39 is 0 Å². The molecule has 1 aliphatic carbocycles. The monoisotopic (exact) mass is 322 g/mol. The number of methoxy groups -OCH3 is 1. The molecule has 1 saturated carbocycles. The quantitative estimate of drug-likeness (QED) is 0.926. The predicted molar refractivity (Wildman–Crippen MR) is 84.0 cm³/mol. The summed E-state index contributed by atoms with van der Waals surface area (Å²) < 4.78 is 5.21. The van der Waals surface area contributed by atoms with Gasteiger partial charge < -0.3 is 15.0 Å². The average molecular weight is 323 g/mol. The number of amides is 2. The topological polar surface area (TPSA) is 58.6 Å². The van der Waals surface area contributed by atoms with Crippen LogP contribution in [0.5, 0.6) is 5.75 Å². The number of nitrogens with zero attached hydrogens (tertiary/aromatic N) is 1. The molecule has 1 heterocycles. The first-order chi connectivity index (χ1) is 10.6. The number of hydrogen-bond donors (Lipinski definition) is 1. The highest BCUT2D eigenvalue weighted by Gasteiger charge is 2.49. The maximum absolute atomic E-state index is 12.3. The fourth-order valence-corrected chi connectivity index (χ4v) is 3.11. The molecule has 1 saturated heterocycles. The molecule has 0 spiro atoms. The standard InChI is InChI=1S/C16H19ClN2O3/c1-22-14-5-4-10(17)8-13(14)18-15(20)11-9-12(11)16(21)19-6-2-3-7-19/h4-5,8,11-12H,2-3,6-7,9H2,1H3,(H,18,20). The third-order valence-electron chi connectivity index (χ3n) is 4.28. The molecular weight excluding hydrogens is 304 g/mol. The zero-order valence-corrected chi connectivity index (χ0v) is 13.2. The summed E-state index contributed by atoms with van der Waals surface area (Å²) in [5, 5.41) is 3.35. The van der Waals surface area contributed by atoms with Gasteiger partial charge in [0.1, 0.15) is 5.75 Å². The summed E-state index contributed by atoms with van der Waals surface area (Å²) >= 11 is 5.95. The van der Waals surface area contributed by atoms with Gasteiger partial charge in [0.05, 0.1) is 24.6 Å². The molecule has 6 heteroatoms. The van der Waals surface area contributed by atoms with Crippen LogP contribution in [-0.2, 0) is 9.59 Å². The molecule has 3 rings (SSSR count). The Bertz CT molecular complexity index is 599. The number of hydrogen-bond acceptors (Lipinski definition) is 3. The van der Waals surface area contributed by atoms with Gasteiger partial charge >= 0.3 is 0 Å². The number of rotatable bonds is 4. The summed E-state index contributed by atoms with van der Waals surface area (Å²) in [5.41, 5.74) is 0.541. The number of halogens is 1. The molecule has 0 bridgehead atoms. The Morgan fingerprint density at radius 1 is 1.27 bits per heavy atom. The Hall–Kier alpha value is -1.75. The molecule has 1 aliphatic heterocycles. The lowest BCUT2D eigenvalue weighted by molar-refractivity contribution is -0.133. The Labute approximate surface area is 134 Å². The van der Waals surface area contributed by atoms with Gasteiger partial charge in [-0.15, -0.1) is 0 Å². The zero-order valence-electron chi connectivity index (χ0n) is 12.5. The third kappa shape index (κ3) is 3.04. The summed E-state index contributed by atoms with van der Waals surface area (Å²) in [5.74, 6) is 0.134. The second-order valence-corrected chi connectivity index (χ2v) is 6.25. The van der Waals surface area contributed by atoms with Crippen molar-refractivity contribution in [2.24, 2.45) is 11.8 Å². The van der Waals surface area contributed by atoms with Crippen LogP contribution >= 0.6 is 11.6 Å². The van der Waals surface area contributed by atoms with Crippen molar-refractivity contribution in [2.45, 2.75) is 19.3 Å². The van der Waals surface area contributed by atoms with Gasteiger partial charge in [-0.05, 0) is 37.5 Å². The molecule has 1 aromatic carbocycles. The third-order valence-corrected chi connectivity index (χ3v) is 4.52. The molecule has 1 aromatic rings. The minimum atomic E-state index is -0.239. The second-order valence-electron chi connectivity index (χ2n) is 5.81. The van der Waals surface area contributed by atoms with Crippen LogP contribution in [0.4, 0.5) is 5.69 Å². The van der Waals surface area contributed by atoms with Crippen molar-refractivity contribution in [3.63, 3.8) is 0 Å². The fourth-order valence-electron chi connectivity index (χ4n) is 2.93. The highest BCUT2D eigenvalue weighted by atomic mass is 35.5. The summed E-state index contributed by atoms with van der Waals surface area (Å²) in [4.78, 5) is 26.4. The SMILES string of the molecule is COc1ccc(Cl)cc1NC(=O)C1CC1C(=O)N1CCCC1. The van der Waals surface area contributed by atoms with Crippen molar-refractivity contribution in [1.29, 1.82) is 0 Å². The van der Waals surface area contributed by atoms with E-state index in [9.17, 15) is 9.59 Å². The molecule has 5 nitrogen and oxygen atoms in total. The summed E-state index contributed by atoms with van der Waals surface area (Å²) in [6, 6.07) is 5.06. The first kappa shape index (κ1) is 15.2. The van der Waals surface area contributed by atoms with Crippen LogP contribution in [0.2, 0.25) is 5.02 Å². The number of nitrogens with one attached hydrogen (secondary N) is 1. The van der Waals surface area contributed by atoms with Crippen LogP contribution in [0, 0.1) is 11.8 Å². The average Bonchev–Trinajstić information content (AvgIpc) is 3.12. The van der Waals surface area contributed by atoms with Gasteiger partial charge in [-0.2, -0.15) is 0 Å². The zero-order chi connectivity index (χ0) is 15.7. The molecule has 0 aromatic heterocycles. The van der Waals surface area contributed by atoms with E-state index in [0.717, 1.165) is 25.9 Å². The van der Waals surface area contributed by atoms with Crippen molar-refractivity contribution >= 4 is 29.1 Å². The Balaban J connectivity index is 1.62. The van der Waals surface area contributed by atoms with Crippen LogP contribution in [0.15, 0.2) is 18.2 Å². The largest absolute Gasteiger partial charge is 0.495 e. The number of ether oxygens (including phenoxy) is 1. The number of carbonyl (C=O) groups is 2. The number of benzene rings is 1. The molecule has 2 amide bonds. The van der Waals surface area contributed by atoms with Crippen LogP contribution in [0.3, 0.4) is 0 Å². The minimum absolute atomic E-state index is 0.121. The Morgan fingerprint density at radius 3 is 2.68 bits per heavy atom. The Morgan fingerprint density at radius 2 is 2.00 bits per heavy atom. The Kier molecular flexibility index (Phi) is 4.25. The highest BCUT2D eigenvalue weighted by Crippen LogP contribution is 2.42. The van der Waals surface area contributed by atoms with Crippen LogP contribution in [0.25, 0.3) is 0 Å². The van der Waals surface area contributed by atoms with E-state index in [-0.39, 0.29) is 23.7 Å². The molecule has 118 valence electrons. The predicted octanol–water partition coefficient (Wildman–Crippen LogP) is 2.55. The molecule has 2 atom stereocenters. The number of likely N-dealkylation sites (tertiary alicyclic amines) is 1. The van der Waals surface area contributed by atoms with Crippen molar-refractivity contribution in [3.8, 4) is 5.75 Å². The van der Waals surface area contributed by atoms with Crippen molar-refractivity contribution in [3.05, 3.63) is 23.2 Å². The van der Waals surface area contributed by atoms with Gasteiger partial charge in [-0.3, -0.25) is 9.59 Å². The van der Waals surface area contributed by atoms with Crippen LogP contribution in [0.1, 0.15) is 19.3 Å². The maximum atomic E-state index is 12.3. The van der Waals surface area contributed by atoms with Gasteiger partial charge in [-0.25, -0.2) is 0 Å². The smallest absolute Gasteiger partial charge is 0.228 e. The van der Waals surface area contributed by atoms with E-state index in [1.165, 1.54) is 7.11 Å². The highest BCUT2D eigenvalue weighted by molar-refractivity contribution is 6.31. The molecule has 2 fully saturated rings. The van der Waals surface area contributed by atoms with Crippen LogP contribution in [-0.4, -0.2) is 36.9 Å². The van der Waals surface area contributed by atoms with E-state index in [1.807, 2.05) is 4.90 Å². The molecular formula is C16H19ClN2O3. The summed E-state index contributed by atoms with van der Waals surface area (Å²) in [6.07, 6.45) is 2.76. The first-order valence-corrected chi connectivity index (χ1v) is 7.91. The number of carbonyl (C=O) groups excluding carboxylic acids is 2. The van der Waals surface area contributed by atoms with Crippen molar-refractivity contribution < 1.29 is 14.3 Å². The molecule has 0 radical (unpaired) electrons. The fraction of sp³-hybridized carbons (Fsp3) is 0.500. The van der Waals surface area contributed by atoms with E-state index >= 15 is 0 Å². The molecule has 2 aliphatic rings. The molecule has 1 N–H and O–H groups in total. The van der Waals surface area contributed by atoms with Gasteiger partial charge in [0, 0.05) is 18.1 Å². The van der Waals surface area contributed by atoms with Gasteiger partial charge in [0.2, 0.25) is 11.8 Å². The minimum Gasteiger partial charge on any atom is -0.495 e. The lowest BCUT2D eigenvalue weighted by atomic mass is 10.2. The second kappa shape index (κ2) is 6.16. The van der Waals surface area contributed by atoms with E-state index in [1.54, 1.807) is 18.2 Å². The van der Waals surface area contributed by atoms with Crippen molar-refractivity contribution in [1.82, 2.24) is 4.90 Å². The van der Waals surface area contributed by atoms with E-state index in [2.05, 4.69) is 5.32 Å². The lowest BCUT2D eigenvalue weighted by Gasteiger charge is -2.15. The maximum Gasteiger partial charge on any atom is 0.228 e. The van der Waals surface area contributed by atoms with Gasteiger partial charge in [0.25, 0.3) is 0 Å². The molecule has 22 heavy (non-hydrogen) atoms. The van der Waals surface area contributed by atoms with E-state index in [4.69, 9.17) is 16.3 Å². The van der Waals surface area contributed by atoms with Crippen molar-refractivity contribution in [2.75, 3.05) is 25.5 Å². The summed E-state index contributed by atoms with van der Waals surface area (Å²) in [6.45, 7) is 1.65. The van der Waals surface area contributed by atoms with Gasteiger partial charge in [-0.1, -0.05) is 11.6 Å².